The van der Waals surface area contributed by atoms with Crippen LogP contribution >= 0.6 is 23.5 Å². The number of pyridine rings is 1. The van der Waals surface area contributed by atoms with Crippen LogP contribution < -0.4 is 15.8 Å². The van der Waals surface area contributed by atoms with Crippen molar-refractivity contribution in [1.29, 1.82) is 0 Å². The number of anilines is 1. The number of hydrogen-bond acceptors (Lipinski definition) is 9. The summed E-state index contributed by atoms with van der Waals surface area (Å²) in [5.41, 5.74) is 4.56. The minimum Gasteiger partial charge on any atom is -0.394 e. The van der Waals surface area contributed by atoms with Gasteiger partial charge in [0.25, 0.3) is 0 Å². The third kappa shape index (κ3) is 9.65. The van der Waals surface area contributed by atoms with Crippen LogP contribution in [-0.4, -0.2) is 69.3 Å². The van der Waals surface area contributed by atoms with E-state index in [4.69, 9.17) is 27.1 Å². The van der Waals surface area contributed by atoms with Gasteiger partial charge in [-0.2, -0.15) is 18.3 Å². The highest BCUT2D eigenvalue weighted by Crippen LogP contribution is 2.40. The van der Waals surface area contributed by atoms with Crippen molar-refractivity contribution in [1.82, 2.24) is 20.1 Å². The highest BCUT2D eigenvalue weighted by atomic mass is 35.5. The van der Waals surface area contributed by atoms with E-state index >= 15 is 0 Å². The molecule has 0 aliphatic carbocycles. The Bertz CT molecular complexity index is 2150. The Labute approximate surface area is 311 Å². The van der Waals surface area contributed by atoms with Crippen molar-refractivity contribution in [3.63, 3.8) is 0 Å². The predicted octanol–water partition coefficient (Wildman–Crippen LogP) is 6.42. The van der Waals surface area contributed by atoms with Gasteiger partial charge < -0.3 is 25.6 Å². The standard InChI is InChI=1S/C36H35ClF5N7O3S/c1-35(2,51)11-9-22-5-6-23(24-7-8-26(37)30-32(24)49(3)47-34(30)48-53-4)31(45-22)27(15-19-13-20(38)16-21(39)14-19)46-29(50)17-44-28-18-52-12-10-25(28)33(43)36(40,41)42/h5-8,13-14,16,27,51H,10,12,15,17-18,43H2,1-4H3,(H,46,50)(H,47,48). The lowest BCUT2D eigenvalue weighted by Gasteiger charge is -2.23. The third-order valence-corrected chi connectivity index (χ3v) is 8.72. The number of nitrogens with zero attached hydrogens (tertiary/aromatic N) is 4. The molecule has 2 aromatic heterocycles. The molecule has 17 heteroatoms. The molecular weight excluding hydrogens is 741 g/mol. The van der Waals surface area contributed by atoms with Gasteiger partial charge in [-0.25, -0.2) is 13.8 Å². The molecule has 0 saturated carbocycles. The summed E-state index contributed by atoms with van der Waals surface area (Å²) in [6.45, 7) is 2.06. The molecule has 0 radical (unpaired) electrons. The molecule has 10 nitrogen and oxygen atoms in total. The first-order valence-electron chi connectivity index (χ1n) is 16.1. The molecule has 1 aliphatic heterocycles. The van der Waals surface area contributed by atoms with Crippen molar-refractivity contribution >= 4 is 51.9 Å². The second kappa shape index (κ2) is 16.1. The number of amides is 1. The number of benzene rings is 2. The van der Waals surface area contributed by atoms with Gasteiger partial charge in [0.15, 0.2) is 5.82 Å². The summed E-state index contributed by atoms with van der Waals surface area (Å²) in [6.07, 6.45) is -3.32. The number of nitrogens with two attached hydrogens (primary N) is 1. The summed E-state index contributed by atoms with van der Waals surface area (Å²) in [4.78, 5) is 22.6. The van der Waals surface area contributed by atoms with Crippen LogP contribution in [0.15, 0.2) is 58.7 Å². The number of carbonyl (C=O) groups is 1. The van der Waals surface area contributed by atoms with E-state index in [1.165, 1.54) is 25.8 Å². The number of nitrogens with one attached hydrogen (secondary N) is 2. The molecule has 5 rings (SSSR count). The number of hydrogen-bond donors (Lipinski definition) is 4. The minimum atomic E-state index is -4.81. The summed E-state index contributed by atoms with van der Waals surface area (Å²) in [5.74, 6) is 3.58. The average Bonchev–Trinajstić information content (AvgIpc) is 3.41. The quantitative estimate of drug-likeness (QED) is 0.0869. The first kappa shape index (κ1) is 39.5. The Morgan fingerprint density at radius 1 is 1.17 bits per heavy atom. The van der Waals surface area contributed by atoms with E-state index in [-0.39, 0.29) is 54.3 Å². The van der Waals surface area contributed by atoms with E-state index in [1.54, 1.807) is 36.0 Å². The maximum absolute atomic E-state index is 14.5. The van der Waals surface area contributed by atoms with Gasteiger partial charge in [-0.3, -0.25) is 14.5 Å². The Kier molecular flexibility index (Phi) is 12.0. The SMILES string of the molecule is CSNc1nn(C)c2c(-c3ccc(C#CC(C)(C)O)nc3C(Cc3cc(F)cc(F)c3)NC(=O)CN=C3COCCC3=C(N)C(F)(F)F)ccc(Cl)c12. The topological polar surface area (TPSA) is 140 Å². The van der Waals surface area contributed by atoms with Crippen LogP contribution in [-0.2, 0) is 23.0 Å². The second-order valence-corrected chi connectivity index (χ2v) is 13.6. The largest absolute Gasteiger partial charge is 0.431 e. The highest BCUT2D eigenvalue weighted by molar-refractivity contribution is 7.99. The van der Waals surface area contributed by atoms with Crippen LogP contribution in [0.25, 0.3) is 22.0 Å². The van der Waals surface area contributed by atoms with Crippen molar-refractivity contribution in [2.75, 3.05) is 30.7 Å². The van der Waals surface area contributed by atoms with Crippen LogP contribution in [0.2, 0.25) is 5.02 Å². The fraction of sp³-hybridized carbons (Fsp3) is 0.333. The average molecular weight is 776 g/mol. The Morgan fingerprint density at radius 2 is 1.87 bits per heavy atom. The van der Waals surface area contributed by atoms with Gasteiger partial charge in [0.2, 0.25) is 5.91 Å². The van der Waals surface area contributed by atoms with Gasteiger partial charge >= 0.3 is 6.18 Å². The number of aromatic nitrogens is 3. The molecule has 5 N–H and O–H groups in total. The number of alkyl halides is 3. The van der Waals surface area contributed by atoms with Gasteiger partial charge in [0, 0.05) is 36.1 Å². The molecular formula is C36H35ClF5N7O3S. The number of fused-ring (bicyclic) bond motifs is 1. The van der Waals surface area contributed by atoms with Crippen LogP contribution in [0.4, 0.5) is 27.8 Å². The van der Waals surface area contributed by atoms with E-state index in [0.717, 1.165) is 12.1 Å². The zero-order valence-corrected chi connectivity index (χ0v) is 30.5. The summed E-state index contributed by atoms with van der Waals surface area (Å²) < 4.78 is 79.4. The zero-order chi connectivity index (χ0) is 38.7. The van der Waals surface area contributed by atoms with Crippen LogP contribution in [0.5, 0.6) is 0 Å². The molecule has 3 heterocycles. The normalized spacial score (nSPS) is 15.9. The fourth-order valence-corrected chi connectivity index (χ4v) is 6.36. The van der Waals surface area contributed by atoms with Gasteiger partial charge in [0.05, 0.1) is 46.6 Å². The number of ether oxygens (including phenoxy) is 1. The van der Waals surface area contributed by atoms with Gasteiger partial charge in [-0.15, -0.1) is 0 Å². The predicted molar refractivity (Wildman–Crippen MR) is 195 cm³/mol. The summed E-state index contributed by atoms with van der Waals surface area (Å²) in [5, 5.41) is 18.7. The zero-order valence-electron chi connectivity index (χ0n) is 29.0. The van der Waals surface area contributed by atoms with Crippen molar-refractivity contribution in [2.45, 2.75) is 44.5 Å². The highest BCUT2D eigenvalue weighted by Gasteiger charge is 2.36. The Balaban J connectivity index is 1.67. The molecule has 0 spiro atoms. The summed E-state index contributed by atoms with van der Waals surface area (Å²) >= 11 is 7.97. The number of carbonyl (C=O) groups excluding carboxylic acids is 1. The maximum atomic E-state index is 14.5. The molecule has 1 fully saturated rings. The lowest BCUT2D eigenvalue weighted by atomic mass is 9.93. The Hall–Kier alpha value is -4.69. The minimum absolute atomic E-state index is 0.00575. The molecule has 1 unspecified atom stereocenters. The molecule has 280 valence electrons. The smallest absolute Gasteiger partial charge is 0.394 e. The third-order valence-electron chi connectivity index (χ3n) is 8.00. The lowest BCUT2D eigenvalue weighted by Crippen LogP contribution is -2.34. The molecule has 1 saturated heterocycles. The van der Waals surface area contributed by atoms with Crippen molar-refractivity contribution in [2.24, 2.45) is 17.8 Å². The van der Waals surface area contributed by atoms with Crippen molar-refractivity contribution in [3.05, 3.63) is 87.3 Å². The first-order valence-corrected chi connectivity index (χ1v) is 17.7. The van der Waals surface area contributed by atoms with Crippen LogP contribution in [0.1, 0.15) is 43.3 Å². The molecule has 4 aromatic rings. The fourth-order valence-electron chi connectivity index (χ4n) is 5.78. The number of aryl methyl sites for hydroxylation is 1. The summed E-state index contributed by atoms with van der Waals surface area (Å²) in [7, 11) is 1.72. The van der Waals surface area contributed by atoms with E-state index in [0.29, 0.717) is 38.9 Å². The molecule has 0 bridgehead atoms. The van der Waals surface area contributed by atoms with Crippen LogP contribution in [0.3, 0.4) is 0 Å². The molecule has 1 aliphatic rings. The van der Waals surface area contributed by atoms with Gasteiger partial charge in [-0.1, -0.05) is 35.5 Å². The number of halogens is 6. The number of allylic oxidation sites excluding steroid dienone is 1. The van der Waals surface area contributed by atoms with Crippen LogP contribution in [0, 0.1) is 23.5 Å². The first-order chi connectivity index (χ1) is 24.9. The van der Waals surface area contributed by atoms with Crippen molar-refractivity contribution in [3.8, 4) is 23.0 Å². The van der Waals surface area contributed by atoms with Crippen molar-refractivity contribution < 1.29 is 36.6 Å². The maximum Gasteiger partial charge on any atom is 0.431 e. The molecule has 1 atom stereocenters. The van der Waals surface area contributed by atoms with E-state index < -0.39 is 47.6 Å². The molecule has 53 heavy (non-hydrogen) atoms. The Morgan fingerprint density at radius 3 is 2.53 bits per heavy atom. The lowest BCUT2D eigenvalue weighted by molar-refractivity contribution is -0.120. The monoisotopic (exact) mass is 775 g/mol. The second-order valence-electron chi connectivity index (χ2n) is 12.6. The van der Waals surface area contributed by atoms with E-state index in [9.17, 15) is 31.9 Å². The van der Waals surface area contributed by atoms with Gasteiger partial charge in [0.1, 0.15) is 35.2 Å². The number of aliphatic imine (C=N–C) groups is 1. The molecule has 1 amide bonds. The number of rotatable bonds is 9. The van der Waals surface area contributed by atoms with E-state index in [2.05, 4.69) is 32.0 Å². The summed E-state index contributed by atoms with van der Waals surface area (Å²) in [6, 6.07) is 8.56. The molecule has 2 aromatic carbocycles. The van der Waals surface area contributed by atoms with Gasteiger partial charge in [-0.05, 0) is 68.5 Å². The van der Waals surface area contributed by atoms with E-state index in [1.807, 2.05) is 6.26 Å². The number of aliphatic hydroxyl groups is 1.